The summed E-state index contributed by atoms with van der Waals surface area (Å²) in [6.45, 7) is 3.31. The van der Waals surface area contributed by atoms with Gasteiger partial charge in [-0.15, -0.1) is 0 Å². The van der Waals surface area contributed by atoms with Crippen molar-refractivity contribution in [1.82, 2.24) is 5.32 Å². The highest BCUT2D eigenvalue weighted by atomic mass is 16.5. The number of Topliss-reactive ketones (excluding diaryl/α,β-unsaturated/α-hetero) is 1. The molecule has 0 spiro atoms. The molecule has 2 aliphatic rings. The topological polar surface area (TPSA) is 95.9 Å². The van der Waals surface area contributed by atoms with Crippen LogP contribution in [-0.2, 0) is 11.2 Å². The Kier molecular flexibility index (Phi) is 8.96. The van der Waals surface area contributed by atoms with Crippen molar-refractivity contribution >= 4 is 18.9 Å². The first-order valence-corrected chi connectivity index (χ1v) is 11.9. The molecule has 0 aromatic heterocycles. The number of unbranched alkanes of at least 4 members (excludes halogenated alkanes) is 2. The summed E-state index contributed by atoms with van der Waals surface area (Å²) in [5.74, 6) is -0.590. The average molecular weight is 429 g/mol. The van der Waals surface area contributed by atoms with Gasteiger partial charge in [0.2, 0.25) is 0 Å². The van der Waals surface area contributed by atoms with Gasteiger partial charge in [-0.3, -0.25) is 4.79 Å². The van der Waals surface area contributed by atoms with E-state index in [1.54, 1.807) is 6.07 Å². The zero-order valence-corrected chi connectivity index (χ0v) is 18.6. The van der Waals surface area contributed by atoms with Crippen LogP contribution in [0, 0.1) is 5.92 Å². The third kappa shape index (κ3) is 6.81. The molecule has 1 aliphatic carbocycles. The standard InChI is InChI=1S/C24H36BNO5/c1-2-3-4-13-26-20-9-5-7-17(11-12-20)14-21(27)16-19-15-18-8-6-10-22(24(28)29)23(18)31-25(19)30/h6,8,10,17,19-20,26,30H,2-5,7,9,11-16H2,1H3,(H,28,29)/t17?,19-,20?/m1/s1. The summed E-state index contributed by atoms with van der Waals surface area (Å²) in [4.78, 5) is 24.2. The number of hydrogen-bond donors (Lipinski definition) is 3. The fourth-order valence-corrected chi connectivity index (χ4v) is 4.99. The van der Waals surface area contributed by atoms with Crippen molar-refractivity contribution in [2.45, 2.75) is 89.4 Å². The highest BCUT2D eigenvalue weighted by Crippen LogP contribution is 2.37. The monoisotopic (exact) mass is 429 g/mol. The molecule has 3 rings (SSSR count). The van der Waals surface area contributed by atoms with E-state index in [1.165, 1.54) is 31.7 Å². The molecule has 2 unspecified atom stereocenters. The summed E-state index contributed by atoms with van der Waals surface area (Å²) >= 11 is 0. The van der Waals surface area contributed by atoms with Crippen LogP contribution < -0.4 is 9.97 Å². The molecule has 3 N–H and O–H groups in total. The number of aromatic carboxylic acids is 1. The SMILES string of the molecule is CCCCCNC1CCCC(CC(=O)C[C@H]2Cc3cccc(C(=O)O)c3OB2O)CC1. The number of ketones is 1. The first-order valence-electron chi connectivity index (χ1n) is 11.9. The van der Waals surface area contributed by atoms with E-state index in [1.807, 2.05) is 6.07 Å². The van der Waals surface area contributed by atoms with E-state index in [0.29, 0.717) is 24.8 Å². The van der Waals surface area contributed by atoms with Crippen molar-refractivity contribution in [3.05, 3.63) is 29.3 Å². The van der Waals surface area contributed by atoms with E-state index < -0.39 is 13.1 Å². The minimum absolute atomic E-state index is 0.0534. The number of rotatable bonds is 10. The molecule has 1 aliphatic heterocycles. The van der Waals surface area contributed by atoms with Crippen LogP contribution in [-0.4, -0.2) is 41.6 Å². The van der Waals surface area contributed by atoms with Crippen LogP contribution in [0.2, 0.25) is 5.82 Å². The highest BCUT2D eigenvalue weighted by Gasteiger charge is 2.38. The van der Waals surface area contributed by atoms with Crippen molar-refractivity contribution < 1.29 is 24.4 Å². The summed E-state index contributed by atoms with van der Waals surface area (Å²) in [5.41, 5.74) is 0.798. The van der Waals surface area contributed by atoms with Crippen molar-refractivity contribution in [2.75, 3.05) is 6.54 Å². The molecule has 1 saturated carbocycles. The number of hydrogen-bond acceptors (Lipinski definition) is 5. The quantitative estimate of drug-likeness (QED) is 0.292. The average Bonchev–Trinajstić information content (AvgIpc) is 2.96. The molecular formula is C24H36BNO5. The second kappa shape index (κ2) is 11.7. The number of benzene rings is 1. The first-order chi connectivity index (χ1) is 15.0. The number of carbonyl (C=O) groups excluding carboxylic acids is 1. The van der Waals surface area contributed by atoms with Gasteiger partial charge in [-0.2, -0.15) is 0 Å². The third-order valence-corrected chi connectivity index (χ3v) is 6.76. The number of carboxylic acid groups (broad SMARTS) is 1. The molecule has 170 valence electrons. The molecule has 31 heavy (non-hydrogen) atoms. The molecule has 0 saturated heterocycles. The lowest BCUT2D eigenvalue weighted by Crippen LogP contribution is -2.36. The van der Waals surface area contributed by atoms with E-state index in [-0.39, 0.29) is 29.3 Å². The minimum Gasteiger partial charge on any atom is -0.535 e. The maximum Gasteiger partial charge on any atom is 0.526 e. The van der Waals surface area contributed by atoms with Crippen molar-refractivity contribution in [3.8, 4) is 5.75 Å². The van der Waals surface area contributed by atoms with Crippen molar-refractivity contribution in [2.24, 2.45) is 5.92 Å². The third-order valence-electron chi connectivity index (χ3n) is 6.76. The Bertz CT molecular complexity index is 755. The van der Waals surface area contributed by atoms with Gasteiger partial charge in [-0.25, -0.2) is 4.79 Å². The molecule has 0 amide bonds. The van der Waals surface area contributed by atoms with Crippen LogP contribution >= 0.6 is 0 Å². The first kappa shape index (κ1) is 23.8. The number of carboxylic acids is 1. The molecule has 1 aromatic rings. The fourth-order valence-electron chi connectivity index (χ4n) is 4.99. The Morgan fingerprint density at radius 2 is 2.00 bits per heavy atom. The van der Waals surface area contributed by atoms with Crippen molar-refractivity contribution in [3.63, 3.8) is 0 Å². The normalized spacial score (nSPS) is 23.5. The van der Waals surface area contributed by atoms with Gasteiger partial charge in [0.25, 0.3) is 0 Å². The van der Waals surface area contributed by atoms with E-state index in [9.17, 15) is 19.7 Å². The minimum atomic E-state index is -1.15. The Morgan fingerprint density at radius 3 is 2.77 bits per heavy atom. The van der Waals surface area contributed by atoms with Crippen LogP contribution in [0.3, 0.4) is 0 Å². The van der Waals surface area contributed by atoms with E-state index in [4.69, 9.17) is 4.65 Å². The predicted octanol–water partition coefficient (Wildman–Crippen LogP) is 4.25. The van der Waals surface area contributed by atoms with Crippen molar-refractivity contribution in [1.29, 1.82) is 0 Å². The number of fused-ring (bicyclic) bond motifs is 1. The molecule has 7 heteroatoms. The summed E-state index contributed by atoms with van der Waals surface area (Å²) in [7, 11) is -1.15. The predicted molar refractivity (Wildman–Crippen MR) is 122 cm³/mol. The smallest absolute Gasteiger partial charge is 0.526 e. The van der Waals surface area contributed by atoms with Gasteiger partial charge in [-0.1, -0.05) is 38.3 Å². The lowest BCUT2D eigenvalue weighted by atomic mass is 9.64. The number of para-hydroxylation sites is 1. The summed E-state index contributed by atoms with van der Waals surface area (Å²) in [6.07, 6.45) is 10.7. The molecule has 6 nitrogen and oxygen atoms in total. The van der Waals surface area contributed by atoms with Gasteiger partial charge in [0.1, 0.15) is 11.5 Å². The molecule has 3 atom stereocenters. The lowest BCUT2D eigenvalue weighted by Gasteiger charge is -2.28. The fraction of sp³-hybridized carbons (Fsp3) is 0.667. The lowest BCUT2D eigenvalue weighted by molar-refractivity contribution is -0.120. The van der Waals surface area contributed by atoms with E-state index >= 15 is 0 Å². The van der Waals surface area contributed by atoms with Crippen LogP contribution in [0.25, 0.3) is 0 Å². The molecule has 1 aromatic carbocycles. The van der Waals surface area contributed by atoms with Crippen LogP contribution in [0.4, 0.5) is 0 Å². The van der Waals surface area contributed by atoms with E-state index in [2.05, 4.69) is 12.2 Å². The van der Waals surface area contributed by atoms with Gasteiger partial charge >= 0.3 is 13.1 Å². The largest absolute Gasteiger partial charge is 0.535 e. The number of carbonyl (C=O) groups is 2. The van der Waals surface area contributed by atoms with Gasteiger partial charge in [-0.05, 0) is 62.6 Å². The molecule has 0 radical (unpaired) electrons. The second-order valence-electron chi connectivity index (χ2n) is 9.25. The molecule has 1 heterocycles. The summed E-state index contributed by atoms with van der Waals surface area (Å²) in [6, 6.07) is 5.53. The Morgan fingerprint density at radius 1 is 1.16 bits per heavy atom. The maximum atomic E-state index is 12.8. The number of nitrogens with one attached hydrogen (secondary N) is 1. The summed E-state index contributed by atoms with van der Waals surface area (Å²) < 4.78 is 5.53. The van der Waals surface area contributed by atoms with E-state index in [0.717, 1.165) is 37.8 Å². The molecule has 0 bridgehead atoms. The van der Waals surface area contributed by atoms with Crippen LogP contribution in [0.15, 0.2) is 18.2 Å². The van der Waals surface area contributed by atoms with Gasteiger partial charge in [0.15, 0.2) is 0 Å². The zero-order chi connectivity index (χ0) is 22.2. The second-order valence-corrected chi connectivity index (χ2v) is 9.25. The van der Waals surface area contributed by atoms with Gasteiger partial charge in [0, 0.05) is 24.7 Å². The van der Waals surface area contributed by atoms with Gasteiger partial charge in [0.05, 0.1) is 5.56 Å². The maximum absolute atomic E-state index is 12.8. The Labute approximate surface area is 185 Å². The Balaban J connectivity index is 1.47. The zero-order valence-electron chi connectivity index (χ0n) is 18.6. The van der Waals surface area contributed by atoms with Gasteiger partial charge < -0.3 is 20.1 Å². The van der Waals surface area contributed by atoms with Crippen LogP contribution in [0.1, 0.15) is 87.1 Å². The molecule has 1 fully saturated rings. The summed E-state index contributed by atoms with van der Waals surface area (Å²) in [5, 5.41) is 23.4. The molecular weight excluding hydrogens is 393 g/mol. The Hall–Kier alpha value is -1.86. The van der Waals surface area contributed by atoms with Crippen LogP contribution in [0.5, 0.6) is 5.75 Å². The highest BCUT2D eigenvalue weighted by molar-refractivity contribution is 6.47.